The second-order valence-electron chi connectivity index (χ2n) is 5.68. The van der Waals surface area contributed by atoms with Crippen molar-refractivity contribution in [2.24, 2.45) is 11.8 Å². The highest BCUT2D eigenvalue weighted by molar-refractivity contribution is 6.21. The zero-order chi connectivity index (χ0) is 13.5. The first-order chi connectivity index (χ1) is 7.93. The number of unbranched alkanes of at least 4 members (excludes halogenated alkanes) is 3. The summed E-state index contributed by atoms with van der Waals surface area (Å²) < 4.78 is 5.99. The monoisotopic (exact) mass is 278 g/mol. The second-order valence-corrected chi connectivity index (χ2v) is 6.62. The molecule has 104 valence electrons. The summed E-state index contributed by atoms with van der Waals surface area (Å²) in [6.45, 7) is 11.2. The fraction of sp³-hybridized carbons (Fsp3) is 1.00. The summed E-state index contributed by atoms with van der Waals surface area (Å²) in [5.74, 6) is 0.961. The standard InChI is InChI=1S/C14H31ClOSi/c1-6-7-8-9-10-13(15)14(16-17,11(2)3)12(4)5/h11-13H,6-10H2,1-5,17H3. The van der Waals surface area contributed by atoms with Crippen LogP contribution in [0.2, 0.25) is 0 Å². The lowest BCUT2D eigenvalue weighted by Gasteiger charge is -2.44. The molecule has 0 aliphatic heterocycles. The SMILES string of the molecule is CCCCCCC(Cl)C(O[SiH3])(C(C)C)C(C)C. The fourth-order valence-electron chi connectivity index (χ4n) is 2.97. The van der Waals surface area contributed by atoms with Crippen molar-refractivity contribution in [1.82, 2.24) is 0 Å². The quantitative estimate of drug-likeness (QED) is 0.353. The van der Waals surface area contributed by atoms with Gasteiger partial charge in [0.15, 0.2) is 0 Å². The van der Waals surface area contributed by atoms with E-state index in [1.54, 1.807) is 0 Å². The van der Waals surface area contributed by atoms with Crippen LogP contribution >= 0.6 is 11.6 Å². The van der Waals surface area contributed by atoms with Gasteiger partial charge < -0.3 is 4.43 Å². The average Bonchev–Trinajstić information content (AvgIpc) is 2.25. The Morgan fingerprint density at radius 2 is 1.59 bits per heavy atom. The van der Waals surface area contributed by atoms with Gasteiger partial charge in [0.05, 0.1) is 11.0 Å². The van der Waals surface area contributed by atoms with Gasteiger partial charge in [0.1, 0.15) is 10.5 Å². The number of rotatable bonds is 9. The Morgan fingerprint density at radius 3 is 1.94 bits per heavy atom. The van der Waals surface area contributed by atoms with Gasteiger partial charge in [0.2, 0.25) is 0 Å². The Kier molecular flexibility index (Phi) is 8.78. The minimum Gasteiger partial charge on any atom is -0.420 e. The van der Waals surface area contributed by atoms with Crippen molar-refractivity contribution in [1.29, 1.82) is 0 Å². The third kappa shape index (κ3) is 4.57. The molecule has 0 heterocycles. The predicted molar refractivity (Wildman–Crippen MR) is 81.8 cm³/mol. The number of halogens is 1. The molecule has 1 nitrogen and oxygen atoms in total. The van der Waals surface area contributed by atoms with E-state index in [1.165, 1.54) is 25.7 Å². The zero-order valence-electron chi connectivity index (χ0n) is 12.6. The molecule has 0 aliphatic rings. The van der Waals surface area contributed by atoms with Crippen molar-refractivity contribution < 1.29 is 4.43 Å². The maximum absolute atomic E-state index is 6.67. The van der Waals surface area contributed by atoms with Crippen LogP contribution in [0.5, 0.6) is 0 Å². The van der Waals surface area contributed by atoms with Crippen LogP contribution in [-0.2, 0) is 4.43 Å². The lowest BCUT2D eigenvalue weighted by atomic mass is 9.76. The first-order valence-corrected chi connectivity index (χ1v) is 8.37. The molecule has 0 aliphatic carbocycles. The summed E-state index contributed by atoms with van der Waals surface area (Å²) in [6, 6.07) is 0. The summed E-state index contributed by atoms with van der Waals surface area (Å²) in [4.78, 5) is 0. The Morgan fingerprint density at radius 1 is 1.06 bits per heavy atom. The van der Waals surface area contributed by atoms with E-state index in [0.29, 0.717) is 11.8 Å². The van der Waals surface area contributed by atoms with Crippen molar-refractivity contribution in [2.45, 2.75) is 77.7 Å². The molecule has 0 rings (SSSR count). The minimum atomic E-state index is -0.125. The minimum absolute atomic E-state index is 0.125. The molecule has 1 atom stereocenters. The van der Waals surface area contributed by atoms with Crippen LogP contribution in [0.1, 0.15) is 66.7 Å². The van der Waals surface area contributed by atoms with Crippen LogP contribution in [0.15, 0.2) is 0 Å². The van der Waals surface area contributed by atoms with E-state index < -0.39 is 0 Å². The van der Waals surface area contributed by atoms with E-state index in [-0.39, 0.29) is 11.0 Å². The molecule has 0 N–H and O–H groups in total. The highest BCUT2D eigenvalue weighted by Gasteiger charge is 2.42. The average molecular weight is 279 g/mol. The highest BCUT2D eigenvalue weighted by Crippen LogP contribution is 2.38. The number of hydrogen-bond acceptors (Lipinski definition) is 1. The fourth-order valence-corrected chi connectivity index (χ4v) is 5.09. The van der Waals surface area contributed by atoms with Crippen molar-refractivity contribution in [3.8, 4) is 0 Å². The number of alkyl halides is 1. The summed E-state index contributed by atoms with van der Waals surface area (Å²) in [5, 5.41) is 0.150. The summed E-state index contributed by atoms with van der Waals surface area (Å²) in [6.07, 6.45) is 6.22. The third-order valence-corrected chi connectivity index (χ3v) is 5.23. The smallest absolute Gasteiger partial charge is 0.146 e. The van der Waals surface area contributed by atoms with Crippen LogP contribution < -0.4 is 0 Å². The second kappa shape index (κ2) is 8.55. The first-order valence-electron chi connectivity index (χ1n) is 7.12. The molecule has 0 fully saturated rings. The van der Waals surface area contributed by atoms with Crippen LogP contribution in [0.3, 0.4) is 0 Å². The molecule has 1 unspecified atom stereocenters. The molecule has 0 saturated heterocycles. The lowest BCUT2D eigenvalue weighted by molar-refractivity contribution is -0.0204. The van der Waals surface area contributed by atoms with Gasteiger partial charge in [0, 0.05) is 0 Å². The van der Waals surface area contributed by atoms with E-state index in [9.17, 15) is 0 Å². The van der Waals surface area contributed by atoms with Crippen molar-refractivity contribution in [2.75, 3.05) is 0 Å². The van der Waals surface area contributed by atoms with Crippen molar-refractivity contribution in [3.05, 3.63) is 0 Å². The lowest BCUT2D eigenvalue weighted by Crippen LogP contribution is -2.51. The summed E-state index contributed by atoms with van der Waals surface area (Å²) in [7, 11) is 0.765. The molecule has 0 aromatic rings. The van der Waals surface area contributed by atoms with E-state index in [2.05, 4.69) is 34.6 Å². The molecular formula is C14H31ClOSi. The maximum Gasteiger partial charge on any atom is 0.146 e. The molecule has 17 heavy (non-hydrogen) atoms. The molecule has 0 spiro atoms. The molecule has 0 amide bonds. The Balaban J connectivity index is 4.48. The Labute approximate surface area is 116 Å². The summed E-state index contributed by atoms with van der Waals surface area (Å²) >= 11 is 6.67. The zero-order valence-corrected chi connectivity index (χ0v) is 15.3. The van der Waals surface area contributed by atoms with Crippen LogP contribution in [-0.4, -0.2) is 21.5 Å². The Hall–Kier alpha value is 0.467. The molecule has 0 aromatic carbocycles. The van der Waals surface area contributed by atoms with Crippen molar-refractivity contribution in [3.63, 3.8) is 0 Å². The van der Waals surface area contributed by atoms with Gasteiger partial charge >= 0.3 is 0 Å². The van der Waals surface area contributed by atoms with Gasteiger partial charge in [0.25, 0.3) is 0 Å². The normalized spacial score (nSPS) is 14.8. The van der Waals surface area contributed by atoms with Gasteiger partial charge in [-0.3, -0.25) is 0 Å². The topological polar surface area (TPSA) is 9.23 Å². The molecular weight excluding hydrogens is 248 g/mol. The van der Waals surface area contributed by atoms with E-state index in [0.717, 1.165) is 16.9 Å². The Bertz CT molecular complexity index is 187. The molecule has 0 radical (unpaired) electrons. The van der Waals surface area contributed by atoms with Crippen LogP contribution in [0.4, 0.5) is 0 Å². The molecule has 0 saturated carbocycles. The van der Waals surface area contributed by atoms with Gasteiger partial charge in [-0.25, -0.2) is 0 Å². The van der Waals surface area contributed by atoms with Gasteiger partial charge in [-0.2, -0.15) is 0 Å². The largest absolute Gasteiger partial charge is 0.420 e. The number of hydrogen-bond donors (Lipinski definition) is 0. The van der Waals surface area contributed by atoms with E-state index in [4.69, 9.17) is 16.0 Å². The maximum atomic E-state index is 6.67. The predicted octanol–water partition coefficient (Wildman–Crippen LogP) is 3.91. The van der Waals surface area contributed by atoms with Gasteiger partial charge in [-0.1, -0.05) is 60.3 Å². The van der Waals surface area contributed by atoms with Gasteiger partial charge in [-0.05, 0) is 18.3 Å². The third-order valence-electron chi connectivity index (χ3n) is 3.96. The molecule has 0 bridgehead atoms. The van der Waals surface area contributed by atoms with Crippen LogP contribution in [0, 0.1) is 11.8 Å². The first kappa shape index (κ1) is 17.5. The van der Waals surface area contributed by atoms with E-state index >= 15 is 0 Å². The molecule has 0 aromatic heterocycles. The van der Waals surface area contributed by atoms with Crippen molar-refractivity contribution >= 4 is 22.1 Å². The molecule has 3 heteroatoms. The van der Waals surface area contributed by atoms with Crippen LogP contribution in [0.25, 0.3) is 0 Å². The summed E-state index contributed by atoms with van der Waals surface area (Å²) in [5.41, 5.74) is -0.125. The van der Waals surface area contributed by atoms with Gasteiger partial charge in [-0.15, -0.1) is 11.6 Å². The van der Waals surface area contributed by atoms with E-state index in [1.807, 2.05) is 0 Å². The highest BCUT2D eigenvalue weighted by atomic mass is 35.5.